The van der Waals surface area contributed by atoms with E-state index in [4.69, 9.17) is 27.0 Å². The Bertz CT molecular complexity index is 1170. The molecule has 0 heterocycles. The standard InChI is InChI=1S/C21H14Cl2O2S/c1-25-18-10-6-14-12-15(22)8-9-17(14)20(18)21-16-5-3-2-4-13(16)7-11-19(21)26(23)24/h2-12H,1H3. The number of hydrogen-bond donors (Lipinski definition) is 0. The number of rotatable bonds is 3. The molecule has 26 heavy (non-hydrogen) atoms. The second kappa shape index (κ2) is 6.92. The summed E-state index contributed by atoms with van der Waals surface area (Å²) in [6.07, 6.45) is 0. The number of methoxy groups -OCH3 is 1. The van der Waals surface area contributed by atoms with Crippen LogP contribution in [0.15, 0.2) is 71.6 Å². The monoisotopic (exact) mass is 400 g/mol. The van der Waals surface area contributed by atoms with Crippen molar-refractivity contribution < 1.29 is 8.95 Å². The van der Waals surface area contributed by atoms with Crippen LogP contribution in [0.2, 0.25) is 5.02 Å². The first-order valence-corrected chi connectivity index (χ1v) is 10.3. The van der Waals surface area contributed by atoms with Crippen LogP contribution in [-0.2, 0) is 10.0 Å². The van der Waals surface area contributed by atoms with Crippen molar-refractivity contribution >= 4 is 53.8 Å². The maximum absolute atomic E-state index is 12.3. The number of hydrogen-bond acceptors (Lipinski definition) is 2. The van der Waals surface area contributed by atoms with Crippen LogP contribution < -0.4 is 4.74 Å². The molecule has 0 saturated heterocycles. The van der Waals surface area contributed by atoms with Crippen LogP contribution >= 0.6 is 22.3 Å². The Morgan fingerprint density at radius 3 is 2.35 bits per heavy atom. The molecule has 0 aromatic heterocycles. The fraction of sp³-hybridized carbons (Fsp3) is 0.0476. The molecular weight excluding hydrogens is 387 g/mol. The van der Waals surface area contributed by atoms with Crippen LogP contribution in [0.5, 0.6) is 5.75 Å². The third-order valence-electron chi connectivity index (χ3n) is 4.48. The van der Waals surface area contributed by atoms with Crippen LogP contribution in [0.25, 0.3) is 32.7 Å². The van der Waals surface area contributed by atoms with E-state index in [2.05, 4.69) is 0 Å². The van der Waals surface area contributed by atoms with E-state index in [1.54, 1.807) is 7.11 Å². The highest BCUT2D eigenvalue weighted by Gasteiger charge is 2.20. The Labute approximate surface area is 163 Å². The Hall–Kier alpha value is -2.07. The molecule has 0 saturated carbocycles. The molecule has 0 aliphatic carbocycles. The van der Waals surface area contributed by atoms with Crippen molar-refractivity contribution in [2.75, 3.05) is 7.11 Å². The third-order valence-corrected chi connectivity index (χ3v) is 5.90. The minimum Gasteiger partial charge on any atom is -0.496 e. The molecule has 0 aliphatic heterocycles. The van der Waals surface area contributed by atoms with Crippen molar-refractivity contribution in [3.8, 4) is 16.9 Å². The van der Waals surface area contributed by atoms with Gasteiger partial charge in [-0.05, 0) is 56.5 Å². The van der Waals surface area contributed by atoms with Crippen molar-refractivity contribution in [1.82, 2.24) is 0 Å². The topological polar surface area (TPSA) is 26.3 Å². The normalized spacial score (nSPS) is 12.4. The summed E-state index contributed by atoms with van der Waals surface area (Å²) >= 11 is 6.17. The molecule has 0 fully saturated rings. The van der Waals surface area contributed by atoms with Gasteiger partial charge < -0.3 is 4.74 Å². The van der Waals surface area contributed by atoms with Gasteiger partial charge >= 0.3 is 0 Å². The molecule has 2 nitrogen and oxygen atoms in total. The highest BCUT2D eigenvalue weighted by atomic mass is 35.7. The lowest BCUT2D eigenvalue weighted by Gasteiger charge is -2.17. The van der Waals surface area contributed by atoms with E-state index in [1.807, 2.05) is 66.7 Å². The van der Waals surface area contributed by atoms with Crippen LogP contribution in [-0.4, -0.2) is 11.3 Å². The number of halogens is 2. The van der Waals surface area contributed by atoms with E-state index in [9.17, 15) is 4.21 Å². The molecule has 0 bridgehead atoms. The van der Waals surface area contributed by atoms with E-state index in [0.29, 0.717) is 15.7 Å². The second-order valence-electron chi connectivity index (χ2n) is 5.89. The Balaban J connectivity index is 2.23. The number of fused-ring (bicyclic) bond motifs is 2. The zero-order chi connectivity index (χ0) is 18.3. The summed E-state index contributed by atoms with van der Waals surface area (Å²) in [6, 6.07) is 21.3. The van der Waals surface area contributed by atoms with Gasteiger partial charge in [0.25, 0.3) is 0 Å². The van der Waals surface area contributed by atoms with E-state index in [1.165, 1.54) is 0 Å². The molecule has 0 amide bonds. The van der Waals surface area contributed by atoms with Crippen LogP contribution in [0.4, 0.5) is 0 Å². The van der Waals surface area contributed by atoms with E-state index >= 15 is 0 Å². The molecule has 4 rings (SSSR count). The van der Waals surface area contributed by atoms with E-state index in [-0.39, 0.29) is 0 Å². The lowest BCUT2D eigenvalue weighted by molar-refractivity contribution is 0.417. The quantitative estimate of drug-likeness (QED) is 0.362. The van der Waals surface area contributed by atoms with E-state index < -0.39 is 10.0 Å². The maximum atomic E-state index is 12.3. The SMILES string of the molecule is COc1ccc2cc(Cl)ccc2c1-c1c(S(=O)Cl)ccc2ccccc12. The fourth-order valence-electron chi connectivity index (χ4n) is 3.35. The van der Waals surface area contributed by atoms with Gasteiger partial charge in [0.15, 0.2) is 0 Å². The largest absolute Gasteiger partial charge is 0.496 e. The predicted molar refractivity (Wildman–Crippen MR) is 111 cm³/mol. The maximum Gasteiger partial charge on any atom is 0.148 e. The number of benzene rings is 4. The zero-order valence-electron chi connectivity index (χ0n) is 13.8. The zero-order valence-corrected chi connectivity index (χ0v) is 16.2. The molecule has 4 aromatic rings. The van der Waals surface area contributed by atoms with Gasteiger partial charge in [0, 0.05) is 16.1 Å². The van der Waals surface area contributed by atoms with Gasteiger partial charge in [-0.2, -0.15) is 0 Å². The van der Waals surface area contributed by atoms with Crippen LogP contribution in [0.1, 0.15) is 0 Å². The molecular formula is C21H14Cl2O2S. The van der Waals surface area contributed by atoms with Gasteiger partial charge in [0.1, 0.15) is 15.8 Å². The summed E-state index contributed by atoms with van der Waals surface area (Å²) in [5.41, 5.74) is 1.68. The summed E-state index contributed by atoms with van der Waals surface area (Å²) in [4.78, 5) is 0.561. The highest BCUT2D eigenvalue weighted by Crippen LogP contribution is 2.44. The second-order valence-corrected chi connectivity index (χ2v) is 8.06. The summed E-state index contributed by atoms with van der Waals surface area (Å²) in [5.74, 6) is 0.694. The van der Waals surface area contributed by atoms with Gasteiger partial charge in [-0.3, -0.25) is 0 Å². The minimum atomic E-state index is -1.66. The summed E-state index contributed by atoms with van der Waals surface area (Å²) in [5, 5.41) is 4.62. The van der Waals surface area contributed by atoms with Gasteiger partial charge in [-0.15, -0.1) is 0 Å². The van der Waals surface area contributed by atoms with Crippen molar-refractivity contribution in [3.63, 3.8) is 0 Å². The number of ether oxygens (including phenoxy) is 1. The van der Waals surface area contributed by atoms with Gasteiger partial charge in [0.05, 0.1) is 12.0 Å². The van der Waals surface area contributed by atoms with Crippen molar-refractivity contribution in [2.24, 2.45) is 0 Å². The van der Waals surface area contributed by atoms with Gasteiger partial charge in [0.2, 0.25) is 0 Å². The molecule has 4 aromatic carbocycles. The first-order valence-electron chi connectivity index (χ1n) is 7.96. The van der Waals surface area contributed by atoms with Crippen molar-refractivity contribution in [3.05, 3.63) is 71.8 Å². The molecule has 0 spiro atoms. The Kier molecular flexibility index (Phi) is 4.62. The molecule has 0 radical (unpaired) electrons. The molecule has 0 N–H and O–H groups in total. The van der Waals surface area contributed by atoms with Crippen LogP contribution in [0.3, 0.4) is 0 Å². The fourth-order valence-corrected chi connectivity index (χ4v) is 4.47. The van der Waals surface area contributed by atoms with E-state index in [0.717, 1.165) is 32.7 Å². The average molecular weight is 401 g/mol. The summed E-state index contributed by atoms with van der Waals surface area (Å²) in [7, 11) is 6.00. The predicted octanol–water partition coefficient (Wildman–Crippen LogP) is 6.58. The lowest BCUT2D eigenvalue weighted by atomic mass is 9.93. The minimum absolute atomic E-state index is 0.561. The van der Waals surface area contributed by atoms with Crippen molar-refractivity contribution in [2.45, 2.75) is 4.90 Å². The molecule has 130 valence electrons. The summed E-state index contributed by atoms with van der Waals surface area (Å²) < 4.78 is 17.9. The molecule has 1 atom stereocenters. The molecule has 1 unspecified atom stereocenters. The van der Waals surface area contributed by atoms with Crippen molar-refractivity contribution in [1.29, 1.82) is 0 Å². The highest BCUT2D eigenvalue weighted by molar-refractivity contribution is 8.08. The molecule has 5 heteroatoms. The smallest absolute Gasteiger partial charge is 0.148 e. The average Bonchev–Trinajstić information content (AvgIpc) is 2.66. The third kappa shape index (κ3) is 2.86. The van der Waals surface area contributed by atoms with Gasteiger partial charge in [-0.25, -0.2) is 4.21 Å². The van der Waals surface area contributed by atoms with Crippen LogP contribution in [0, 0.1) is 0 Å². The Morgan fingerprint density at radius 1 is 0.846 bits per heavy atom. The molecule has 0 aliphatic rings. The Morgan fingerprint density at radius 2 is 1.58 bits per heavy atom. The first kappa shape index (κ1) is 17.3. The summed E-state index contributed by atoms with van der Waals surface area (Å²) in [6.45, 7) is 0. The lowest BCUT2D eigenvalue weighted by Crippen LogP contribution is -1.95. The van der Waals surface area contributed by atoms with Gasteiger partial charge in [-0.1, -0.05) is 54.1 Å². The first-order chi connectivity index (χ1) is 12.6.